The van der Waals surface area contributed by atoms with Crippen LogP contribution in [0.15, 0.2) is 97.7 Å². The molecular formula is C20H17N3. The van der Waals surface area contributed by atoms with Gasteiger partial charge in [-0.05, 0) is 23.3 Å². The zero-order valence-corrected chi connectivity index (χ0v) is 12.6. The van der Waals surface area contributed by atoms with Crippen LogP contribution < -0.4 is 0 Å². The van der Waals surface area contributed by atoms with E-state index in [9.17, 15) is 0 Å². The zero-order valence-electron chi connectivity index (χ0n) is 12.6. The third-order valence-corrected chi connectivity index (χ3v) is 3.36. The molecular weight excluding hydrogens is 282 g/mol. The fourth-order valence-corrected chi connectivity index (χ4v) is 2.31. The molecule has 4 rings (SSSR count). The Bertz CT molecular complexity index is 734. The van der Waals surface area contributed by atoms with Crippen molar-refractivity contribution in [3.05, 3.63) is 97.7 Å². The lowest BCUT2D eigenvalue weighted by Gasteiger charge is -2.08. The van der Waals surface area contributed by atoms with E-state index in [2.05, 4.69) is 63.5 Å². The first-order chi connectivity index (χ1) is 11.4. The molecule has 112 valence electrons. The minimum Gasteiger partial charge on any atom is -0.351 e. The summed E-state index contributed by atoms with van der Waals surface area (Å²) in [6.45, 7) is 0. The van der Waals surface area contributed by atoms with Crippen LogP contribution in [-0.4, -0.2) is 15.0 Å². The molecule has 0 aliphatic heterocycles. The van der Waals surface area contributed by atoms with Crippen LogP contribution >= 0.6 is 0 Å². The molecule has 23 heavy (non-hydrogen) atoms. The Morgan fingerprint density at radius 3 is 2.00 bits per heavy atom. The van der Waals surface area contributed by atoms with Gasteiger partial charge in [-0.1, -0.05) is 60.7 Å². The monoisotopic (exact) mass is 299 g/mol. The van der Waals surface area contributed by atoms with Crippen LogP contribution in [0.4, 0.5) is 0 Å². The number of hydrogen-bond acceptors (Lipinski definition) is 2. The summed E-state index contributed by atoms with van der Waals surface area (Å²) in [5.41, 5.74) is 4.62. The van der Waals surface area contributed by atoms with Gasteiger partial charge in [0, 0.05) is 24.2 Å². The normalized spacial score (nSPS) is 9.74. The molecule has 0 atom stereocenters. The molecule has 0 unspecified atom stereocenters. The maximum Gasteiger partial charge on any atom is 0.0919 e. The van der Waals surface area contributed by atoms with Crippen molar-refractivity contribution < 1.29 is 0 Å². The Hall–Kier alpha value is -3.20. The standard InChI is InChI=1S/C17H13N.C3H4N2/c1-2-8-14(9-3-1)15-10-4-5-11-16(15)17-12-6-7-13-18-17;1-2-5-3-4-1/h1-13H;1-3H,(H,4,5). The van der Waals surface area contributed by atoms with E-state index in [4.69, 9.17) is 0 Å². The lowest BCUT2D eigenvalue weighted by Crippen LogP contribution is -1.86. The number of imidazole rings is 1. The average molecular weight is 299 g/mol. The van der Waals surface area contributed by atoms with E-state index < -0.39 is 0 Å². The molecule has 3 heteroatoms. The molecule has 0 amide bonds. The average Bonchev–Trinajstić information content (AvgIpc) is 3.23. The van der Waals surface area contributed by atoms with Gasteiger partial charge in [-0.2, -0.15) is 0 Å². The van der Waals surface area contributed by atoms with Gasteiger partial charge in [-0.3, -0.25) is 4.98 Å². The van der Waals surface area contributed by atoms with Crippen molar-refractivity contribution in [1.82, 2.24) is 15.0 Å². The Labute approximate surface area is 135 Å². The topological polar surface area (TPSA) is 41.6 Å². The summed E-state index contributed by atoms with van der Waals surface area (Å²) in [5, 5.41) is 0. The van der Waals surface area contributed by atoms with Gasteiger partial charge in [0.2, 0.25) is 0 Å². The smallest absolute Gasteiger partial charge is 0.0919 e. The molecule has 3 nitrogen and oxygen atoms in total. The molecule has 0 fully saturated rings. The Kier molecular flexibility index (Phi) is 4.93. The van der Waals surface area contributed by atoms with Crippen molar-refractivity contribution in [2.45, 2.75) is 0 Å². The fraction of sp³-hybridized carbons (Fsp3) is 0. The van der Waals surface area contributed by atoms with Crippen molar-refractivity contribution in [3.8, 4) is 22.4 Å². The highest BCUT2D eigenvalue weighted by atomic mass is 14.8. The molecule has 0 saturated carbocycles. The summed E-state index contributed by atoms with van der Waals surface area (Å²) >= 11 is 0. The minimum absolute atomic E-state index is 1.01. The highest BCUT2D eigenvalue weighted by Gasteiger charge is 2.06. The molecule has 2 heterocycles. The molecule has 0 aliphatic rings. The number of nitrogens with one attached hydrogen (secondary N) is 1. The van der Waals surface area contributed by atoms with Crippen LogP contribution in [0.25, 0.3) is 22.4 Å². The maximum atomic E-state index is 4.44. The van der Waals surface area contributed by atoms with E-state index in [1.807, 2.05) is 30.5 Å². The Balaban J connectivity index is 0.000000267. The Morgan fingerprint density at radius 1 is 0.652 bits per heavy atom. The van der Waals surface area contributed by atoms with Crippen LogP contribution in [0.2, 0.25) is 0 Å². The zero-order chi connectivity index (χ0) is 15.7. The van der Waals surface area contributed by atoms with E-state index >= 15 is 0 Å². The number of H-pyrrole nitrogens is 1. The minimum atomic E-state index is 1.01. The first-order valence-corrected chi connectivity index (χ1v) is 7.44. The van der Waals surface area contributed by atoms with E-state index in [0.717, 1.165) is 5.69 Å². The quantitative estimate of drug-likeness (QED) is 0.576. The molecule has 1 N–H and O–H groups in total. The van der Waals surface area contributed by atoms with Gasteiger partial charge in [0.1, 0.15) is 0 Å². The van der Waals surface area contributed by atoms with Gasteiger partial charge in [0.15, 0.2) is 0 Å². The lowest BCUT2D eigenvalue weighted by atomic mass is 9.97. The second-order valence-corrected chi connectivity index (χ2v) is 4.89. The second kappa shape index (κ2) is 7.71. The SMILES string of the molecule is c1c[nH]cn1.c1ccc(-c2ccccc2-c2ccccn2)cc1. The van der Waals surface area contributed by atoms with Gasteiger partial charge in [0.25, 0.3) is 0 Å². The molecule has 0 bridgehead atoms. The number of pyridine rings is 1. The van der Waals surface area contributed by atoms with Gasteiger partial charge in [-0.25, -0.2) is 4.98 Å². The molecule has 2 aromatic heterocycles. The number of rotatable bonds is 2. The van der Waals surface area contributed by atoms with Crippen LogP contribution in [0, 0.1) is 0 Å². The maximum absolute atomic E-state index is 4.44. The molecule has 2 aromatic carbocycles. The summed E-state index contributed by atoms with van der Waals surface area (Å²) < 4.78 is 0. The summed E-state index contributed by atoms with van der Waals surface area (Å²) in [7, 11) is 0. The van der Waals surface area contributed by atoms with Crippen molar-refractivity contribution in [3.63, 3.8) is 0 Å². The predicted octanol–water partition coefficient (Wildman–Crippen LogP) is 4.83. The number of nitrogens with zero attached hydrogens (tertiary/aromatic N) is 2. The van der Waals surface area contributed by atoms with Crippen molar-refractivity contribution in [2.75, 3.05) is 0 Å². The molecule has 0 saturated heterocycles. The molecule has 0 radical (unpaired) electrons. The van der Waals surface area contributed by atoms with Crippen LogP contribution in [0.1, 0.15) is 0 Å². The number of benzene rings is 2. The van der Waals surface area contributed by atoms with Crippen molar-refractivity contribution in [2.24, 2.45) is 0 Å². The highest BCUT2D eigenvalue weighted by molar-refractivity contribution is 5.81. The molecule has 0 spiro atoms. The third-order valence-electron chi connectivity index (χ3n) is 3.36. The summed E-state index contributed by atoms with van der Waals surface area (Å²) in [6, 6.07) is 24.8. The van der Waals surface area contributed by atoms with Crippen LogP contribution in [0.3, 0.4) is 0 Å². The van der Waals surface area contributed by atoms with Gasteiger partial charge in [-0.15, -0.1) is 0 Å². The third kappa shape index (κ3) is 3.92. The summed E-state index contributed by atoms with van der Waals surface area (Å²) in [5.74, 6) is 0. The largest absolute Gasteiger partial charge is 0.351 e. The fourth-order valence-electron chi connectivity index (χ4n) is 2.31. The van der Waals surface area contributed by atoms with Crippen LogP contribution in [0.5, 0.6) is 0 Å². The van der Waals surface area contributed by atoms with Crippen molar-refractivity contribution in [1.29, 1.82) is 0 Å². The first-order valence-electron chi connectivity index (χ1n) is 7.44. The lowest BCUT2D eigenvalue weighted by molar-refractivity contribution is 1.31. The number of aromatic nitrogens is 3. The van der Waals surface area contributed by atoms with Crippen LogP contribution in [-0.2, 0) is 0 Å². The number of aromatic amines is 1. The molecule has 0 aliphatic carbocycles. The van der Waals surface area contributed by atoms with E-state index in [-0.39, 0.29) is 0 Å². The van der Waals surface area contributed by atoms with Gasteiger partial charge in [0.05, 0.1) is 12.0 Å². The highest BCUT2D eigenvalue weighted by Crippen LogP contribution is 2.30. The second-order valence-electron chi connectivity index (χ2n) is 4.89. The Morgan fingerprint density at radius 2 is 1.39 bits per heavy atom. The van der Waals surface area contributed by atoms with E-state index in [1.54, 1.807) is 18.7 Å². The number of hydrogen-bond donors (Lipinski definition) is 1. The predicted molar refractivity (Wildman–Crippen MR) is 93.7 cm³/mol. The van der Waals surface area contributed by atoms with Gasteiger partial charge < -0.3 is 4.98 Å². The first kappa shape index (κ1) is 14.7. The van der Waals surface area contributed by atoms with Gasteiger partial charge >= 0.3 is 0 Å². The van der Waals surface area contributed by atoms with E-state index in [1.165, 1.54) is 16.7 Å². The summed E-state index contributed by atoms with van der Waals surface area (Å²) in [6.07, 6.45) is 6.91. The van der Waals surface area contributed by atoms with Crippen molar-refractivity contribution >= 4 is 0 Å². The summed E-state index contributed by atoms with van der Waals surface area (Å²) in [4.78, 5) is 10.9. The van der Waals surface area contributed by atoms with E-state index in [0.29, 0.717) is 0 Å². The molecule has 4 aromatic rings.